The molecule has 0 heterocycles. The van der Waals surface area contributed by atoms with Gasteiger partial charge in [-0.15, -0.1) is 0 Å². The van der Waals surface area contributed by atoms with E-state index in [1.807, 2.05) is 0 Å². The van der Waals surface area contributed by atoms with E-state index < -0.39 is 64.2 Å². The third-order valence-electron chi connectivity index (χ3n) is 3.80. The molecule has 10 heteroatoms. The van der Waals surface area contributed by atoms with Crippen LogP contribution in [0.1, 0.15) is 41.4 Å². The van der Waals surface area contributed by atoms with Crippen LogP contribution in [0.3, 0.4) is 0 Å². The molecule has 1 aromatic rings. The number of hydrogen-bond acceptors (Lipinski definition) is 4. The van der Waals surface area contributed by atoms with Gasteiger partial charge in [0.15, 0.2) is 0 Å². The summed E-state index contributed by atoms with van der Waals surface area (Å²) in [5.41, 5.74) is 7.19. The summed E-state index contributed by atoms with van der Waals surface area (Å²) < 4.78 is 0. The minimum absolute atomic E-state index is 0.261. The van der Waals surface area contributed by atoms with E-state index in [9.17, 15) is 29.4 Å². The van der Waals surface area contributed by atoms with Crippen molar-refractivity contribution in [1.29, 1.82) is 0 Å². The van der Waals surface area contributed by atoms with Crippen molar-refractivity contribution >= 4 is 53.1 Å². The number of amides is 2. The fourth-order valence-corrected chi connectivity index (χ4v) is 4.65. The first kappa shape index (κ1) is 24.3. The predicted octanol–water partition coefficient (Wildman–Crippen LogP) is 2.05. The van der Waals surface area contributed by atoms with Crippen LogP contribution < -0.4 is 10.6 Å². The molecule has 0 saturated heterocycles. The van der Waals surface area contributed by atoms with Crippen LogP contribution in [0.5, 0.6) is 0 Å². The van der Waals surface area contributed by atoms with E-state index in [1.165, 1.54) is 0 Å². The summed E-state index contributed by atoms with van der Waals surface area (Å²) in [7, 11) is 0. The summed E-state index contributed by atoms with van der Waals surface area (Å²) in [6.45, 7) is 0.795. The summed E-state index contributed by atoms with van der Waals surface area (Å²) in [5.74, 6) is -4.11. The Kier molecular flexibility index (Phi) is 9.77. The Morgan fingerprint density at radius 1 is 0.714 bits per heavy atom. The molecule has 0 bridgehead atoms. The fourth-order valence-electron chi connectivity index (χ4n) is 2.31. The van der Waals surface area contributed by atoms with E-state index in [0.717, 1.165) is 22.5 Å². The van der Waals surface area contributed by atoms with Gasteiger partial charge in [-0.2, -0.15) is 0 Å². The topological polar surface area (TPSA) is 133 Å². The van der Waals surface area contributed by atoms with Crippen LogP contribution in [0.4, 0.5) is 0 Å². The van der Waals surface area contributed by atoms with Gasteiger partial charge in [0.1, 0.15) is 0 Å². The molecule has 0 radical (unpaired) electrons. The standard InChI is InChI=1S/C18H26As2N2O6/c1-19(2)5-7-21-15(23)11-9-14(18(27)28)12(10-13(11)17(25)26)16(24)22-8-6-20(3)4/h9-10H,5-8H2,1-4H3,(H,21,23)(H,22,24)(H,25,26)(H,27,28). The van der Waals surface area contributed by atoms with Gasteiger partial charge in [0, 0.05) is 0 Å². The Bertz CT molecular complexity index is 701. The van der Waals surface area contributed by atoms with Crippen molar-refractivity contribution in [3.63, 3.8) is 0 Å². The van der Waals surface area contributed by atoms with Crippen molar-refractivity contribution in [3.05, 3.63) is 34.4 Å². The van der Waals surface area contributed by atoms with Gasteiger partial charge >= 0.3 is 174 Å². The van der Waals surface area contributed by atoms with Crippen molar-refractivity contribution in [1.82, 2.24) is 10.6 Å². The Morgan fingerprint density at radius 2 is 1.04 bits per heavy atom. The van der Waals surface area contributed by atoms with Crippen molar-refractivity contribution in [2.45, 2.75) is 33.3 Å². The van der Waals surface area contributed by atoms with Crippen LogP contribution in [-0.4, -0.2) is 76.4 Å². The van der Waals surface area contributed by atoms with Gasteiger partial charge in [-0.25, -0.2) is 0 Å². The third kappa shape index (κ3) is 7.32. The molecular weight excluding hydrogens is 490 g/mol. The number of carbonyl (C=O) groups is 4. The third-order valence-corrected chi connectivity index (χ3v) is 8.49. The summed E-state index contributed by atoms with van der Waals surface area (Å²) in [6, 6.07) is 1.95. The molecule has 1 aromatic carbocycles. The maximum absolute atomic E-state index is 12.4. The Labute approximate surface area is 173 Å². The second kappa shape index (κ2) is 11.3. The van der Waals surface area contributed by atoms with E-state index in [-0.39, 0.29) is 11.1 Å². The van der Waals surface area contributed by atoms with E-state index in [2.05, 4.69) is 33.5 Å². The van der Waals surface area contributed by atoms with E-state index in [4.69, 9.17) is 0 Å². The van der Waals surface area contributed by atoms with Gasteiger partial charge in [-0.05, 0) is 0 Å². The van der Waals surface area contributed by atoms with Gasteiger partial charge in [-0.3, -0.25) is 0 Å². The zero-order valence-corrected chi connectivity index (χ0v) is 20.2. The molecule has 0 spiro atoms. The Hall–Kier alpha value is -1.78. The number of carboxylic acids is 2. The summed E-state index contributed by atoms with van der Waals surface area (Å²) in [6.07, 6.45) is 0. The molecule has 154 valence electrons. The number of hydrogen-bond donors (Lipinski definition) is 4. The fraction of sp³-hybridized carbons (Fsp3) is 0.444. The molecular formula is C18H26As2N2O6. The van der Waals surface area contributed by atoms with Crippen molar-refractivity contribution in [3.8, 4) is 0 Å². The molecule has 0 aliphatic heterocycles. The molecule has 0 aromatic heterocycles. The first-order valence-electron chi connectivity index (χ1n) is 8.55. The molecule has 28 heavy (non-hydrogen) atoms. The molecule has 0 atom stereocenters. The summed E-state index contributed by atoms with van der Waals surface area (Å²) in [4.78, 5) is 48.1. The van der Waals surface area contributed by atoms with Crippen LogP contribution in [-0.2, 0) is 0 Å². The molecule has 2 amide bonds. The molecule has 0 aliphatic rings. The minimum atomic E-state index is -1.40. The van der Waals surface area contributed by atoms with Gasteiger partial charge in [0.2, 0.25) is 0 Å². The molecule has 0 fully saturated rings. The quantitative estimate of drug-likeness (QED) is 0.352. The van der Waals surface area contributed by atoms with Crippen molar-refractivity contribution < 1.29 is 29.4 Å². The Morgan fingerprint density at radius 3 is 1.29 bits per heavy atom. The van der Waals surface area contributed by atoms with Crippen molar-refractivity contribution in [2.24, 2.45) is 0 Å². The SMILES string of the molecule is C[As](C)CCNC(=O)c1cc(C(=O)O)c(C(=O)NCC[As](C)C)cc1C(=O)O. The normalized spacial score (nSPS) is 10.8. The van der Waals surface area contributed by atoms with E-state index >= 15 is 0 Å². The average molecular weight is 516 g/mol. The number of carboxylic acid groups (broad SMARTS) is 2. The zero-order chi connectivity index (χ0) is 21.4. The average Bonchev–Trinajstić information content (AvgIpc) is 2.59. The molecule has 0 aliphatic carbocycles. The number of carbonyl (C=O) groups excluding carboxylic acids is 2. The number of benzene rings is 1. The van der Waals surface area contributed by atoms with Crippen LogP contribution in [0.15, 0.2) is 12.1 Å². The Balaban J connectivity index is 3.24. The first-order chi connectivity index (χ1) is 13.0. The van der Waals surface area contributed by atoms with E-state index in [0.29, 0.717) is 13.1 Å². The van der Waals surface area contributed by atoms with Crippen LogP contribution >= 0.6 is 0 Å². The van der Waals surface area contributed by atoms with Gasteiger partial charge in [0.25, 0.3) is 0 Å². The molecule has 0 unspecified atom stereocenters. The molecule has 0 saturated carbocycles. The van der Waals surface area contributed by atoms with Crippen LogP contribution in [0, 0.1) is 0 Å². The van der Waals surface area contributed by atoms with Gasteiger partial charge in [0.05, 0.1) is 0 Å². The zero-order valence-electron chi connectivity index (χ0n) is 16.4. The number of aromatic carboxylic acids is 2. The second-order valence-electron chi connectivity index (χ2n) is 6.67. The van der Waals surface area contributed by atoms with Crippen molar-refractivity contribution in [2.75, 3.05) is 13.1 Å². The summed E-state index contributed by atoms with van der Waals surface area (Å²) >= 11 is -1.92. The maximum atomic E-state index is 12.4. The number of rotatable bonds is 10. The number of nitrogens with one attached hydrogen (secondary N) is 2. The summed E-state index contributed by atoms with van der Waals surface area (Å²) in [5, 5.41) is 25.9. The predicted molar refractivity (Wildman–Crippen MR) is 110 cm³/mol. The second-order valence-corrected chi connectivity index (χ2v) is 17.6. The van der Waals surface area contributed by atoms with Crippen LogP contribution in [0.25, 0.3) is 0 Å². The molecule has 8 nitrogen and oxygen atoms in total. The van der Waals surface area contributed by atoms with E-state index in [1.54, 1.807) is 0 Å². The molecule has 1 rings (SSSR count). The first-order valence-corrected chi connectivity index (χ1v) is 18.7. The van der Waals surface area contributed by atoms with Crippen LogP contribution in [0.2, 0.25) is 33.3 Å². The van der Waals surface area contributed by atoms with Gasteiger partial charge in [-0.1, -0.05) is 0 Å². The monoisotopic (exact) mass is 516 g/mol. The molecule has 4 N–H and O–H groups in total. The van der Waals surface area contributed by atoms with Gasteiger partial charge < -0.3 is 0 Å².